The molecule has 0 spiro atoms. The molecule has 0 saturated carbocycles. The molecule has 0 saturated heterocycles. The molecule has 46 heavy (non-hydrogen) atoms. The molecule has 0 atom stereocenters. The average Bonchev–Trinajstić information content (AvgIpc) is 3.47. The lowest BCUT2D eigenvalue weighted by molar-refractivity contribution is -0.114. The van der Waals surface area contributed by atoms with E-state index in [4.69, 9.17) is 0 Å². The highest BCUT2D eigenvalue weighted by Crippen LogP contribution is 2.35. The highest BCUT2D eigenvalue weighted by molar-refractivity contribution is 8.00. The number of thiophene rings is 1. The fourth-order valence-corrected chi connectivity index (χ4v) is 6.22. The average molecular weight is 643 g/mol. The van der Waals surface area contributed by atoms with Gasteiger partial charge in [0.25, 0.3) is 11.8 Å². The second-order valence-electron chi connectivity index (χ2n) is 10.4. The number of nitrogens with zero attached hydrogens (tertiary/aromatic N) is 1. The number of thioether (sulfide) groups is 1. The van der Waals surface area contributed by atoms with E-state index in [9.17, 15) is 19.6 Å². The number of benzene rings is 4. The Bertz CT molecular complexity index is 1960. The third-order valence-electron chi connectivity index (χ3n) is 7.00. The van der Waals surface area contributed by atoms with Crippen molar-refractivity contribution in [3.8, 4) is 17.2 Å². The van der Waals surface area contributed by atoms with E-state index in [0.717, 1.165) is 32.7 Å². The number of nitrogens with one attached hydrogen (secondary N) is 3. The molecule has 0 aliphatic carbocycles. The predicted molar refractivity (Wildman–Crippen MR) is 187 cm³/mol. The van der Waals surface area contributed by atoms with Crippen LogP contribution in [0.2, 0.25) is 0 Å². The molecule has 3 amide bonds. The lowest BCUT2D eigenvalue weighted by Gasteiger charge is -2.13. The molecular weight excluding hydrogens is 613 g/mol. The first-order valence-corrected chi connectivity index (χ1v) is 16.2. The molecule has 3 N–H and O–H groups in total. The van der Waals surface area contributed by atoms with Gasteiger partial charge in [-0.1, -0.05) is 78.4 Å². The Balaban J connectivity index is 1.25. The molecular formula is C37H30N4O3S2. The topological polar surface area (TPSA) is 111 Å². The Morgan fingerprint density at radius 2 is 1.61 bits per heavy atom. The molecule has 228 valence electrons. The summed E-state index contributed by atoms with van der Waals surface area (Å²) in [6.07, 6.45) is 1.65. The number of anilines is 2. The summed E-state index contributed by atoms with van der Waals surface area (Å²) in [5.74, 6) is -1.04. The van der Waals surface area contributed by atoms with Crippen molar-refractivity contribution in [2.24, 2.45) is 0 Å². The fraction of sp³-hybridized carbons (Fsp3) is 0.0811. The highest BCUT2D eigenvalue weighted by atomic mass is 32.2. The summed E-state index contributed by atoms with van der Waals surface area (Å²) in [5, 5.41) is 20.7. The molecule has 0 radical (unpaired) electrons. The van der Waals surface area contributed by atoms with Crippen molar-refractivity contribution in [3.63, 3.8) is 0 Å². The summed E-state index contributed by atoms with van der Waals surface area (Å²) < 4.78 is 0. The summed E-state index contributed by atoms with van der Waals surface area (Å²) in [7, 11) is 0. The summed E-state index contributed by atoms with van der Waals surface area (Å²) in [6, 6.07) is 33.5. The molecule has 4 aromatic carbocycles. The maximum Gasteiger partial charge on any atom is 0.272 e. The van der Waals surface area contributed by atoms with Gasteiger partial charge in [-0.15, -0.1) is 23.1 Å². The molecule has 7 nitrogen and oxygen atoms in total. The first kappa shape index (κ1) is 32.0. The van der Waals surface area contributed by atoms with Gasteiger partial charge in [-0.25, -0.2) is 0 Å². The van der Waals surface area contributed by atoms with Crippen molar-refractivity contribution in [2.75, 3.05) is 16.4 Å². The zero-order chi connectivity index (χ0) is 32.5. The number of rotatable bonds is 10. The van der Waals surface area contributed by atoms with E-state index in [1.165, 1.54) is 23.1 Å². The van der Waals surface area contributed by atoms with Gasteiger partial charge in [0.2, 0.25) is 5.91 Å². The van der Waals surface area contributed by atoms with Crippen LogP contribution < -0.4 is 16.0 Å². The van der Waals surface area contributed by atoms with E-state index < -0.39 is 11.8 Å². The number of hydrogen-bond donors (Lipinski definition) is 3. The van der Waals surface area contributed by atoms with Gasteiger partial charge in [-0.2, -0.15) is 5.26 Å². The van der Waals surface area contributed by atoms with E-state index in [0.29, 0.717) is 21.8 Å². The first-order valence-electron chi connectivity index (χ1n) is 14.4. The number of nitriles is 1. The minimum Gasteiger partial charge on any atom is -0.321 e. The highest BCUT2D eigenvalue weighted by Gasteiger charge is 2.17. The SMILES string of the molecule is Cc1ccc(-c2csc(NC(=O)CSc3cccc(NC(=O)/C(=C/c4ccccc4C)NC(=O)c4ccccc4)c3)c2C#N)cc1. The summed E-state index contributed by atoms with van der Waals surface area (Å²) in [6.45, 7) is 3.93. The zero-order valence-corrected chi connectivity index (χ0v) is 26.8. The van der Waals surface area contributed by atoms with Crippen molar-refractivity contribution in [2.45, 2.75) is 18.7 Å². The van der Waals surface area contributed by atoms with E-state index in [1.54, 1.807) is 48.5 Å². The maximum absolute atomic E-state index is 13.5. The fourth-order valence-electron chi connectivity index (χ4n) is 4.53. The standard InChI is InChI=1S/C37H30N4O3S2/c1-24-15-17-26(18-16-24)32-22-46-37(31(32)21-38)41-34(42)23-45-30-14-8-13-29(20-30)39-36(44)33(19-28-12-7-6-9-25(28)2)40-35(43)27-10-4-3-5-11-27/h3-20,22H,23H2,1-2H3,(H,39,44)(H,40,43)(H,41,42)/b33-19-. The first-order chi connectivity index (χ1) is 22.3. The Morgan fingerprint density at radius 3 is 2.35 bits per heavy atom. The monoisotopic (exact) mass is 642 g/mol. The van der Waals surface area contributed by atoms with Crippen LogP contribution in [0.5, 0.6) is 0 Å². The molecule has 0 bridgehead atoms. The van der Waals surface area contributed by atoms with Crippen molar-refractivity contribution < 1.29 is 14.4 Å². The number of carbonyl (C=O) groups is 3. The lowest BCUT2D eigenvalue weighted by Crippen LogP contribution is -2.30. The number of carbonyl (C=O) groups excluding carboxylic acids is 3. The third-order valence-corrected chi connectivity index (χ3v) is 8.89. The van der Waals surface area contributed by atoms with Crippen LogP contribution >= 0.6 is 23.1 Å². The minimum atomic E-state index is -0.487. The van der Waals surface area contributed by atoms with Crippen LogP contribution in [-0.4, -0.2) is 23.5 Å². The third kappa shape index (κ3) is 8.18. The smallest absolute Gasteiger partial charge is 0.272 e. The summed E-state index contributed by atoms with van der Waals surface area (Å²) in [4.78, 5) is 40.1. The Labute approximate surface area is 276 Å². The van der Waals surface area contributed by atoms with E-state index in [-0.39, 0.29) is 17.4 Å². The normalized spacial score (nSPS) is 10.9. The molecule has 0 unspecified atom stereocenters. The second-order valence-corrected chi connectivity index (χ2v) is 12.3. The van der Waals surface area contributed by atoms with Crippen molar-refractivity contribution in [1.29, 1.82) is 5.26 Å². The van der Waals surface area contributed by atoms with Gasteiger partial charge in [-0.3, -0.25) is 14.4 Å². The summed E-state index contributed by atoms with van der Waals surface area (Å²) >= 11 is 2.62. The number of amides is 3. The van der Waals surface area contributed by atoms with Crippen LogP contribution in [0.25, 0.3) is 17.2 Å². The van der Waals surface area contributed by atoms with Gasteiger partial charge in [0.1, 0.15) is 16.8 Å². The van der Waals surface area contributed by atoms with E-state index >= 15 is 0 Å². The van der Waals surface area contributed by atoms with Crippen molar-refractivity contribution in [3.05, 3.63) is 142 Å². The largest absolute Gasteiger partial charge is 0.321 e. The summed E-state index contributed by atoms with van der Waals surface area (Å²) in [5.41, 5.74) is 6.05. The zero-order valence-electron chi connectivity index (χ0n) is 25.2. The van der Waals surface area contributed by atoms with Crippen LogP contribution in [-0.2, 0) is 9.59 Å². The second kappa shape index (κ2) is 15.0. The predicted octanol–water partition coefficient (Wildman–Crippen LogP) is 8.04. The van der Waals surface area contributed by atoms with Gasteiger partial charge in [0.15, 0.2) is 0 Å². The Morgan fingerprint density at radius 1 is 0.870 bits per heavy atom. The molecule has 0 aliphatic rings. The van der Waals surface area contributed by atoms with Crippen LogP contribution in [0.4, 0.5) is 10.7 Å². The number of hydrogen-bond acceptors (Lipinski definition) is 6. The quantitative estimate of drug-likeness (QED) is 0.105. The van der Waals surface area contributed by atoms with Crippen molar-refractivity contribution in [1.82, 2.24) is 5.32 Å². The Hall–Kier alpha value is -5.43. The minimum absolute atomic E-state index is 0.0924. The molecule has 1 aromatic heterocycles. The molecule has 9 heteroatoms. The Kier molecular flexibility index (Phi) is 10.5. The molecule has 5 aromatic rings. The maximum atomic E-state index is 13.5. The van der Waals surface area contributed by atoms with Crippen LogP contribution in [0.1, 0.15) is 32.6 Å². The van der Waals surface area contributed by atoms with Gasteiger partial charge in [0, 0.05) is 27.1 Å². The van der Waals surface area contributed by atoms with Gasteiger partial charge >= 0.3 is 0 Å². The molecule has 0 aliphatic heterocycles. The molecule has 1 heterocycles. The van der Waals surface area contributed by atoms with E-state index in [2.05, 4.69) is 22.0 Å². The molecule has 0 fully saturated rings. The van der Waals surface area contributed by atoms with E-state index in [1.807, 2.05) is 79.9 Å². The van der Waals surface area contributed by atoms with Gasteiger partial charge in [0.05, 0.1) is 11.3 Å². The van der Waals surface area contributed by atoms with Crippen LogP contribution in [0.3, 0.4) is 0 Å². The van der Waals surface area contributed by atoms with Crippen molar-refractivity contribution >= 4 is 57.6 Å². The van der Waals surface area contributed by atoms with Gasteiger partial charge < -0.3 is 16.0 Å². The molecule has 5 rings (SSSR count). The lowest BCUT2D eigenvalue weighted by atomic mass is 10.0. The van der Waals surface area contributed by atoms with Crippen LogP contribution in [0.15, 0.2) is 119 Å². The van der Waals surface area contributed by atoms with Gasteiger partial charge in [-0.05, 0) is 66.9 Å². The number of aryl methyl sites for hydroxylation is 2. The van der Waals surface area contributed by atoms with Crippen LogP contribution in [0, 0.1) is 25.2 Å².